The molecule has 0 saturated carbocycles. The van der Waals surface area contributed by atoms with Gasteiger partial charge in [0, 0.05) is 35.9 Å². The second kappa shape index (κ2) is 6.41. The van der Waals surface area contributed by atoms with Crippen LogP contribution >= 0.6 is 27.3 Å². The quantitative estimate of drug-likeness (QED) is 0.678. The van der Waals surface area contributed by atoms with Gasteiger partial charge >= 0.3 is 0 Å². The molecule has 0 bridgehead atoms. The van der Waals surface area contributed by atoms with Gasteiger partial charge in [0.1, 0.15) is 0 Å². The largest absolute Gasteiger partial charge is 0.476 e. The third kappa shape index (κ3) is 3.30. The number of hydrogen-bond acceptors (Lipinski definition) is 6. The third-order valence-electron chi connectivity index (χ3n) is 3.90. The molecule has 5 nitrogen and oxygen atoms in total. The molecule has 0 radical (unpaired) electrons. The number of aromatic nitrogens is 3. The highest BCUT2D eigenvalue weighted by Gasteiger charge is 2.25. The van der Waals surface area contributed by atoms with Crippen LogP contribution in [0.15, 0.2) is 41.3 Å². The topological polar surface area (TPSA) is 51.1 Å². The van der Waals surface area contributed by atoms with Gasteiger partial charge in [0.25, 0.3) is 0 Å². The average molecular weight is 391 g/mol. The van der Waals surface area contributed by atoms with E-state index >= 15 is 0 Å². The summed E-state index contributed by atoms with van der Waals surface area (Å²) in [6, 6.07) is 6.22. The fraction of sp³-hybridized carbons (Fsp3) is 0.312. The highest BCUT2D eigenvalue weighted by molar-refractivity contribution is 9.10. The maximum Gasteiger partial charge on any atom is 0.232 e. The van der Waals surface area contributed by atoms with Crippen LogP contribution in [0.5, 0.6) is 5.88 Å². The fourth-order valence-electron chi connectivity index (χ4n) is 2.73. The standard InChI is InChI=1S/C16H15BrN4OS/c17-12-1-2-13-14(7-12)23-16(20-13)21-6-3-11(9-21)10-22-15-8-18-4-5-19-15/h1-2,4-5,7-8,11H,3,6,9-10H2. The van der Waals surface area contributed by atoms with Gasteiger partial charge < -0.3 is 9.64 Å². The zero-order valence-corrected chi connectivity index (χ0v) is 14.8. The molecule has 2 aromatic heterocycles. The predicted octanol–water partition coefficient (Wildman–Crippen LogP) is 3.75. The van der Waals surface area contributed by atoms with Gasteiger partial charge in [-0.25, -0.2) is 9.97 Å². The molecule has 3 aromatic rings. The first kappa shape index (κ1) is 14.8. The van der Waals surface area contributed by atoms with Crippen molar-refractivity contribution >= 4 is 42.6 Å². The minimum atomic E-state index is 0.496. The first-order chi connectivity index (χ1) is 11.3. The number of ether oxygens (including phenoxy) is 1. The van der Waals surface area contributed by atoms with Crippen molar-refractivity contribution in [3.05, 3.63) is 41.3 Å². The second-order valence-electron chi connectivity index (χ2n) is 5.56. The Bertz CT molecular complexity index is 810. The van der Waals surface area contributed by atoms with Gasteiger partial charge in [-0.15, -0.1) is 0 Å². The first-order valence-electron chi connectivity index (χ1n) is 7.48. The molecule has 1 atom stereocenters. The van der Waals surface area contributed by atoms with Crippen molar-refractivity contribution in [2.45, 2.75) is 6.42 Å². The number of nitrogens with zero attached hydrogens (tertiary/aromatic N) is 4. The lowest BCUT2D eigenvalue weighted by Gasteiger charge is -2.15. The number of hydrogen-bond donors (Lipinski definition) is 0. The SMILES string of the molecule is Brc1ccc2nc(N3CCC(COc4cnccn4)C3)sc2c1. The zero-order valence-electron chi connectivity index (χ0n) is 12.4. The molecule has 1 aromatic carbocycles. The van der Waals surface area contributed by atoms with E-state index in [4.69, 9.17) is 9.72 Å². The second-order valence-corrected chi connectivity index (χ2v) is 7.49. The highest BCUT2D eigenvalue weighted by Crippen LogP contribution is 2.33. The van der Waals surface area contributed by atoms with Crippen LogP contribution in [0, 0.1) is 5.92 Å². The summed E-state index contributed by atoms with van der Waals surface area (Å²) in [6.45, 7) is 2.67. The Morgan fingerprint density at radius 1 is 1.35 bits per heavy atom. The number of fused-ring (bicyclic) bond motifs is 1. The molecule has 4 rings (SSSR count). The summed E-state index contributed by atoms with van der Waals surface area (Å²) in [6.07, 6.45) is 6.06. The summed E-state index contributed by atoms with van der Waals surface area (Å²) in [5.74, 6) is 1.09. The van der Waals surface area contributed by atoms with E-state index in [1.54, 1.807) is 29.9 Å². The van der Waals surface area contributed by atoms with Gasteiger partial charge in [-0.1, -0.05) is 27.3 Å². The van der Waals surface area contributed by atoms with Gasteiger partial charge in [0.2, 0.25) is 5.88 Å². The van der Waals surface area contributed by atoms with Crippen molar-refractivity contribution in [3.63, 3.8) is 0 Å². The summed E-state index contributed by atoms with van der Waals surface area (Å²) < 4.78 is 8.04. The van der Waals surface area contributed by atoms with Crippen molar-refractivity contribution in [1.82, 2.24) is 15.0 Å². The van der Waals surface area contributed by atoms with Gasteiger partial charge in [0.05, 0.1) is 23.0 Å². The molecule has 0 N–H and O–H groups in total. The van der Waals surface area contributed by atoms with Crippen molar-refractivity contribution in [2.75, 3.05) is 24.6 Å². The Kier molecular flexibility index (Phi) is 4.13. The van der Waals surface area contributed by atoms with Crippen molar-refractivity contribution < 1.29 is 4.74 Å². The van der Waals surface area contributed by atoms with Crippen LogP contribution in [0.3, 0.4) is 0 Å². The minimum absolute atomic E-state index is 0.496. The van der Waals surface area contributed by atoms with Gasteiger partial charge in [-0.2, -0.15) is 0 Å². The van der Waals surface area contributed by atoms with E-state index in [1.165, 1.54) is 4.70 Å². The molecule has 0 amide bonds. The van der Waals surface area contributed by atoms with Crippen LogP contribution in [0.4, 0.5) is 5.13 Å². The van der Waals surface area contributed by atoms with Gasteiger partial charge in [-0.3, -0.25) is 4.98 Å². The normalized spacial score (nSPS) is 17.8. The third-order valence-corrected chi connectivity index (χ3v) is 5.47. The molecule has 1 saturated heterocycles. The summed E-state index contributed by atoms with van der Waals surface area (Å²) in [5.41, 5.74) is 1.06. The molecule has 118 valence electrons. The summed E-state index contributed by atoms with van der Waals surface area (Å²) in [7, 11) is 0. The predicted molar refractivity (Wildman–Crippen MR) is 95.2 cm³/mol. The molecule has 3 heterocycles. The highest BCUT2D eigenvalue weighted by atomic mass is 79.9. The van der Waals surface area contributed by atoms with E-state index in [-0.39, 0.29) is 0 Å². The molecule has 1 aliphatic heterocycles. The number of halogens is 1. The summed E-state index contributed by atoms with van der Waals surface area (Å²) in [5, 5.41) is 1.10. The number of rotatable bonds is 4. The smallest absolute Gasteiger partial charge is 0.232 e. The maximum atomic E-state index is 5.73. The van der Waals surface area contributed by atoms with E-state index in [0.717, 1.165) is 34.6 Å². The lowest BCUT2D eigenvalue weighted by atomic mass is 10.1. The molecule has 1 fully saturated rings. The van der Waals surface area contributed by atoms with Crippen molar-refractivity contribution in [3.8, 4) is 5.88 Å². The Morgan fingerprint density at radius 3 is 3.17 bits per heavy atom. The van der Waals surface area contributed by atoms with Crippen LogP contribution in [0.25, 0.3) is 10.2 Å². The lowest BCUT2D eigenvalue weighted by molar-refractivity contribution is 0.251. The maximum absolute atomic E-state index is 5.73. The van der Waals surface area contributed by atoms with E-state index in [9.17, 15) is 0 Å². The Morgan fingerprint density at radius 2 is 2.30 bits per heavy atom. The molecule has 0 aliphatic carbocycles. The Labute approximate surface area is 146 Å². The van der Waals surface area contributed by atoms with Crippen LogP contribution in [0.2, 0.25) is 0 Å². The molecular weight excluding hydrogens is 376 g/mol. The lowest BCUT2D eigenvalue weighted by Crippen LogP contribution is -2.21. The van der Waals surface area contributed by atoms with Crippen LogP contribution < -0.4 is 9.64 Å². The number of thiazole rings is 1. The molecule has 1 aliphatic rings. The molecule has 23 heavy (non-hydrogen) atoms. The number of benzene rings is 1. The average Bonchev–Trinajstić information content (AvgIpc) is 3.20. The molecular formula is C16H15BrN4OS. The zero-order chi connectivity index (χ0) is 15.6. The van der Waals surface area contributed by atoms with E-state index in [2.05, 4.69) is 42.9 Å². The molecule has 0 spiro atoms. The summed E-state index contributed by atoms with van der Waals surface area (Å²) >= 11 is 5.26. The first-order valence-corrected chi connectivity index (χ1v) is 9.09. The van der Waals surface area contributed by atoms with E-state index in [1.807, 2.05) is 6.07 Å². The fourth-order valence-corrected chi connectivity index (χ4v) is 4.28. The molecule has 1 unspecified atom stereocenters. The molecule has 7 heteroatoms. The van der Waals surface area contributed by atoms with Crippen LogP contribution in [-0.4, -0.2) is 34.6 Å². The van der Waals surface area contributed by atoms with Crippen molar-refractivity contribution in [2.24, 2.45) is 5.92 Å². The van der Waals surface area contributed by atoms with E-state index in [0.29, 0.717) is 18.4 Å². The Balaban J connectivity index is 1.41. The Hall–Kier alpha value is -1.73. The minimum Gasteiger partial charge on any atom is -0.476 e. The van der Waals surface area contributed by atoms with Gasteiger partial charge in [-0.05, 0) is 24.6 Å². The van der Waals surface area contributed by atoms with Crippen molar-refractivity contribution in [1.29, 1.82) is 0 Å². The monoisotopic (exact) mass is 390 g/mol. The number of anilines is 1. The van der Waals surface area contributed by atoms with Crippen LogP contribution in [0.1, 0.15) is 6.42 Å². The summed E-state index contributed by atoms with van der Waals surface area (Å²) in [4.78, 5) is 15.3. The van der Waals surface area contributed by atoms with Crippen LogP contribution in [-0.2, 0) is 0 Å². The van der Waals surface area contributed by atoms with E-state index < -0.39 is 0 Å². The van der Waals surface area contributed by atoms with Gasteiger partial charge in [0.15, 0.2) is 5.13 Å².